The molecule has 0 aliphatic carbocycles. The molecule has 5 nitrogen and oxygen atoms in total. The van der Waals surface area contributed by atoms with Gasteiger partial charge in [0.05, 0.1) is 12.8 Å². The Hall–Kier alpha value is -2.04. The number of carbonyl (C=O) groups is 1. The van der Waals surface area contributed by atoms with Gasteiger partial charge < -0.3 is 9.64 Å². The van der Waals surface area contributed by atoms with Crippen molar-refractivity contribution in [1.82, 2.24) is 4.90 Å². The molecular formula is C15H21N3O2. The van der Waals surface area contributed by atoms with E-state index in [2.05, 4.69) is 15.4 Å². The van der Waals surface area contributed by atoms with E-state index in [0.717, 1.165) is 37.4 Å². The molecular weight excluding hydrogens is 254 g/mol. The standard InChI is InChI=1S/C15H21N3O2/c1-12(19)15(18-10-4-3-5-11-18)17-16-13-6-8-14(20-2)9-7-13/h6-9,16H,3-5,10-11H2,1-2H3. The van der Waals surface area contributed by atoms with Crippen molar-refractivity contribution < 1.29 is 9.53 Å². The molecule has 5 heteroatoms. The van der Waals surface area contributed by atoms with Crippen LogP contribution >= 0.6 is 0 Å². The molecule has 1 aromatic rings. The Balaban J connectivity index is 2.06. The Morgan fingerprint density at radius 2 is 1.85 bits per heavy atom. The van der Waals surface area contributed by atoms with Gasteiger partial charge in [0.1, 0.15) is 5.75 Å². The first kappa shape index (κ1) is 14.4. The number of amidine groups is 1. The molecule has 1 N–H and O–H groups in total. The van der Waals surface area contributed by atoms with Crippen LogP contribution in [0.4, 0.5) is 5.69 Å². The zero-order valence-electron chi connectivity index (χ0n) is 12.1. The Kier molecular flexibility index (Phi) is 4.98. The molecule has 0 spiro atoms. The first-order valence-electron chi connectivity index (χ1n) is 6.94. The highest BCUT2D eigenvalue weighted by Gasteiger charge is 2.18. The molecule has 0 radical (unpaired) electrons. The molecule has 0 amide bonds. The zero-order chi connectivity index (χ0) is 14.4. The van der Waals surface area contributed by atoms with Crippen molar-refractivity contribution in [3.63, 3.8) is 0 Å². The van der Waals surface area contributed by atoms with Crippen LogP contribution in [0.15, 0.2) is 29.4 Å². The highest BCUT2D eigenvalue weighted by atomic mass is 16.5. The van der Waals surface area contributed by atoms with Crippen LogP contribution in [0.3, 0.4) is 0 Å². The number of methoxy groups -OCH3 is 1. The number of benzene rings is 1. The molecule has 0 aromatic heterocycles. The topological polar surface area (TPSA) is 53.9 Å². The highest BCUT2D eigenvalue weighted by molar-refractivity contribution is 6.37. The van der Waals surface area contributed by atoms with Crippen LogP contribution in [-0.4, -0.2) is 36.7 Å². The van der Waals surface area contributed by atoms with Gasteiger partial charge in [-0.15, -0.1) is 0 Å². The van der Waals surface area contributed by atoms with Crippen LogP contribution in [0.5, 0.6) is 5.75 Å². The second kappa shape index (κ2) is 6.93. The number of likely N-dealkylation sites (tertiary alicyclic amines) is 1. The van der Waals surface area contributed by atoms with E-state index in [1.807, 2.05) is 24.3 Å². The van der Waals surface area contributed by atoms with Gasteiger partial charge >= 0.3 is 0 Å². The molecule has 0 bridgehead atoms. The molecule has 1 fully saturated rings. The Labute approximate surface area is 119 Å². The Morgan fingerprint density at radius 1 is 1.20 bits per heavy atom. The van der Waals surface area contributed by atoms with Crippen LogP contribution in [0, 0.1) is 0 Å². The predicted molar refractivity (Wildman–Crippen MR) is 80.2 cm³/mol. The quantitative estimate of drug-likeness (QED) is 0.521. The van der Waals surface area contributed by atoms with Gasteiger partial charge in [-0.25, -0.2) is 0 Å². The molecule has 20 heavy (non-hydrogen) atoms. The lowest BCUT2D eigenvalue weighted by Gasteiger charge is -2.28. The van der Waals surface area contributed by atoms with Gasteiger partial charge in [0, 0.05) is 20.0 Å². The summed E-state index contributed by atoms with van der Waals surface area (Å²) in [5.41, 5.74) is 3.78. The van der Waals surface area contributed by atoms with Gasteiger partial charge in [0.25, 0.3) is 0 Å². The van der Waals surface area contributed by atoms with E-state index in [4.69, 9.17) is 4.74 Å². The molecule has 0 atom stereocenters. The first-order chi connectivity index (χ1) is 9.70. The van der Waals surface area contributed by atoms with Crippen molar-refractivity contribution in [3.05, 3.63) is 24.3 Å². The lowest BCUT2D eigenvalue weighted by atomic mass is 10.1. The number of carbonyl (C=O) groups excluding carboxylic acids is 1. The molecule has 1 aliphatic rings. The van der Waals surface area contributed by atoms with Gasteiger partial charge in [0.15, 0.2) is 11.6 Å². The molecule has 1 aromatic carbocycles. The molecule has 2 rings (SSSR count). The third kappa shape index (κ3) is 3.73. The highest BCUT2D eigenvalue weighted by Crippen LogP contribution is 2.15. The van der Waals surface area contributed by atoms with Crippen LogP contribution in [-0.2, 0) is 4.79 Å². The van der Waals surface area contributed by atoms with Crippen molar-refractivity contribution in [2.24, 2.45) is 5.10 Å². The van der Waals surface area contributed by atoms with E-state index < -0.39 is 0 Å². The van der Waals surface area contributed by atoms with E-state index >= 15 is 0 Å². The number of anilines is 1. The van der Waals surface area contributed by atoms with Crippen LogP contribution < -0.4 is 10.2 Å². The minimum absolute atomic E-state index is 0.00656. The van der Waals surface area contributed by atoms with Gasteiger partial charge in [-0.1, -0.05) is 0 Å². The number of Topliss-reactive ketones (excluding diaryl/α,β-unsaturated/α-hetero) is 1. The third-order valence-electron chi connectivity index (χ3n) is 3.35. The molecule has 0 unspecified atom stereocenters. The van der Waals surface area contributed by atoms with Crippen LogP contribution in [0.1, 0.15) is 26.2 Å². The number of piperidine rings is 1. The fraction of sp³-hybridized carbons (Fsp3) is 0.467. The van der Waals surface area contributed by atoms with Crippen molar-refractivity contribution >= 4 is 17.3 Å². The van der Waals surface area contributed by atoms with Gasteiger partial charge in [-0.2, -0.15) is 5.10 Å². The second-order valence-electron chi connectivity index (χ2n) is 4.88. The minimum Gasteiger partial charge on any atom is -0.497 e. The summed E-state index contributed by atoms with van der Waals surface area (Å²) in [5, 5.41) is 4.27. The van der Waals surface area contributed by atoms with Gasteiger partial charge in [-0.05, 0) is 43.5 Å². The maximum absolute atomic E-state index is 11.7. The number of ether oxygens (including phenoxy) is 1. The molecule has 1 heterocycles. The van der Waals surface area contributed by atoms with E-state index in [1.54, 1.807) is 14.0 Å². The summed E-state index contributed by atoms with van der Waals surface area (Å²) in [6, 6.07) is 7.45. The average molecular weight is 275 g/mol. The lowest BCUT2D eigenvalue weighted by molar-refractivity contribution is -0.111. The maximum atomic E-state index is 11.7. The van der Waals surface area contributed by atoms with E-state index in [9.17, 15) is 4.79 Å². The minimum atomic E-state index is -0.00656. The van der Waals surface area contributed by atoms with E-state index in [0.29, 0.717) is 5.84 Å². The van der Waals surface area contributed by atoms with Crippen molar-refractivity contribution in [2.75, 3.05) is 25.6 Å². The zero-order valence-corrected chi connectivity index (χ0v) is 12.1. The smallest absolute Gasteiger partial charge is 0.196 e. The normalized spacial score (nSPS) is 15.9. The van der Waals surface area contributed by atoms with Crippen LogP contribution in [0.2, 0.25) is 0 Å². The summed E-state index contributed by atoms with van der Waals surface area (Å²) in [6.45, 7) is 3.37. The summed E-state index contributed by atoms with van der Waals surface area (Å²) in [7, 11) is 1.63. The molecule has 1 saturated heterocycles. The monoisotopic (exact) mass is 275 g/mol. The fourth-order valence-electron chi connectivity index (χ4n) is 2.26. The first-order valence-corrected chi connectivity index (χ1v) is 6.94. The molecule has 1 aliphatic heterocycles. The summed E-state index contributed by atoms with van der Waals surface area (Å²) in [4.78, 5) is 13.8. The number of hydrazone groups is 1. The van der Waals surface area contributed by atoms with Crippen molar-refractivity contribution in [3.8, 4) is 5.75 Å². The molecule has 108 valence electrons. The van der Waals surface area contributed by atoms with Crippen molar-refractivity contribution in [1.29, 1.82) is 0 Å². The summed E-state index contributed by atoms with van der Waals surface area (Å²) < 4.78 is 5.10. The van der Waals surface area contributed by atoms with E-state index in [1.165, 1.54) is 6.42 Å². The predicted octanol–water partition coefficient (Wildman–Crippen LogP) is 2.50. The number of ketones is 1. The van der Waals surface area contributed by atoms with Gasteiger partial charge in [0.2, 0.25) is 0 Å². The lowest BCUT2D eigenvalue weighted by Crippen LogP contribution is -2.39. The summed E-state index contributed by atoms with van der Waals surface area (Å²) in [6.07, 6.45) is 3.47. The number of hydrogen-bond donors (Lipinski definition) is 1. The van der Waals surface area contributed by atoms with Gasteiger partial charge in [-0.3, -0.25) is 10.2 Å². The second-order valence-corrected chi connectivity index (χ2v) is 4.88. The number of nitrogens with one attached hydrogen (secondary N) is 1. The summed E-state index contributed by atoms with van der Waals surface area (Å²) >= 11 is 0. The summed E-state index contributed by atoms with van der Waals surface area (Å²) in [5.74, 6) is 1.30. The Morgan fingerprint density at radius 3 is 2.40 bits per heavy atom. The Bertz CT molecular complexity index is 476. The average Bonchev–Trinajstić information content (AvgIpc) is 2.49. The number of hydrogen-bond acceptors (Lipinski definition) is 4. The maximum Gasteiger partial charge on any atom is 0.196 e. The molecule has 0 saturated carbocycles. The van der Waals surface area contributed by atoms with E-state index in [-0.39, 0.29) is 5.78 Å². The fourth-order valence-corrected chi connectivity index (χ4v) is 2.26. The van der Waals surface area contributed by atoms with Crippen LogP contribution in [0.25, 0.3) is 0 Å². The third-order valence-corrected chi connectivity index (χ3v) is 3.35. The largest absolute Gasteiger partial charge is 0.497 e. The van der Waals surface area contributed by atoms with Crippen molar-refractivity contribution in [2.45, 2.75) is 26.2 Å². The number of nitrogens with zero attached hydrogens (tertiary/aromatic N) is 2. The SMILES string of the molecule is COc1ccc(NN=C(C(C)=O)N2CCCCC2)cc1. The number of rotatable bonds is 4.